The molecule has 0 saturated carbocycles. The molecule has 0 bridgehead atoms. The van der Waals surface area contributed by atoms with Crippen LogP contribution in [0.2, 0.25) is 0 Å². The second-order valence-corrected chi connectivity index (χ2v) is 4.62. The molecule has 0 heterocycles. The van der Waals surface area contributed by atoms with Crippen LogP contribution in [0.1, 0.15) is 0 Å². The van der Waals surface area contributed by atoms with E-state index in [1.54, 1.807) is 0 Å². The first kappa shape index (κ1) is 44.1. The third-order valence-electron chi connectivity index (χ3n) is 0. The number of hydrogen-bond donors (Lipinski definition) is 9. The molecule has 0 rings (SSSR count). The Bertz CT molecular complexity index is 211. The van der Waals surface area contributed by atoms with Crippen molar-refractivity contribution in [3.8, 4) is 0 Å². The van der Waals surface area contributed by atoms with Crippen LogP contribution in [0.25, 0.3) is 0 Å². The van der Waals surface area contributed by atoms with Gasteiger partial charge in [-0.15, -0.1) is 0 Å². The zero-order chi connectivity index (χ0) is 13.5. The van der Waals surface area contributed by atoms with E-state index in [1.165, 1.54) is 0 Å². The maximum atomic E-state index is 8.88. The largest absolute Gasteiger partial charge is 0 e. The fourth-order valence-electron chi connectivity index (χ4n) is 0. The van der Waals surface area contributed by atoms with Crippen LogP contribution in [0.3, 0.4) is 0 Å². The zero-order valence-corrected chi connectivity index (χ0v) is 12.2. The first-order valence-electron chi connectivity index (χ1n) is 2.35. The normalized spacial score (nSPS) is 9.32. The van der Waals surface area contributed by atoms with Gasteiger partial charge in [0.25, 0.3) is 0 Å². The number of rotatable bonds is 0. The summed E-state index contributed by atoms with van der Waals surface area (Å²) >= 11 is 0. The first-order valence-corrected chi connectivity index (χ1v) is 7.04. The van der Waals surface area contributed by atoms with E-state index in [4.69, 9.17) is 57.7 Å². The van der Waals surface area contributed by atoms with E-state index in [9.17, 15) is 0 Å². The molecule has 0 aromatic carbocycles. The molecule has 0 aromatic rings. The summed E-state index contributed by atoms with van der Waals surface area (Å²) in [7, 11) is -13.9. The topological polar surface area (TPSA) is 233 Å². The van der Waals surface area contributed by atoms with Gasteiger partial charge in [-0.25, -0.2) is 13.7 Å². The molecule has 0 saturated heterocycles. The minimum Gasteiger partial charge on any atom is 0 e. The molecule has 0 amide bonds. The fourth-order valence-corrected chi connectivity index (χ4v) is 0. The molecule has 0 aromatic heterocycles. The van der Waals surface area contributed by atoms with Crippen molar-refractivity contribution in [2.45, 2.75) is 0 Å². The first-order chi connectivity index (χ1) is 6.00. The molecule has 9 N–H and O–H groups in total. The zero-order valence-electron chi connectivity index (χ0n) is 7.30. The summed E-state index contributed by atoms with van der Waals surface area (Å²) in [6, 6.07) is 0. The van der Waals surface area contributed by atoms with Crippen LogP contribution in [0, 0.1) is 0 Å². The van der Waals surface area contributed by atoms with E-state index in [0.29, 0.717) is 0 Å². The summed E-state index contributed by atoms with van der Waals surface area (Å²) < 4.78 is 26.6. The van der Waals surface area contributed by atoms with Gasteiger partial charge in [0.05, 0.1) is 0 Å². The molecule has 0 aliphatic heterocycles. The standard InChI is InChI=1S/4Ca.3H3O4P.6H/c;;;;3*1-5(2,3)4;;;;;;/h;;;;3*(H3,1,2,3,4);;;;;;. The Balaban J connectivity index is -0.0000000206. The van der Waals surface area contributed by atoms with Crippen LogP contribution in [0.4, 0.5) is 0 Å². The van der Waals surface area contributed by atoms with Crippen molar-refractivity contribution >= 4 is 174 Å². The Labute approximate surface area is 227 Å². The van der Waals surface area contributed by atoms with Gasteiger partial charge >= 0.3 is 137 Å². The molecule has 0 spiro atoms. The second-order valence-electron chi connectivity index (χ2n) is 1.54. The average Bonchev–Trinajstić information content (AvgIpc) is 1.41. The molecular weight excluding hydrogens is 445 g/mol. The minimum absolute atomic E-state index is 0. The number of hydrogen-bond acceptors (Lipinski definition) is 3. The van der Waals surface area contributed by atoms with E-state index < -0.39 is 23.5 Å². The molecule has 19 heavy (non-hydrogen) atoms. The van der Waals surface area contributed by atoms with E-state index in [-0.39, 0.29) is 151 Å². The predicted molar refractivity (Wildman–Crippen MR) is 74.2 cm³/mol. The van der Waals surface area contributed by atoms with Crippen molar-refractivity contribution in [1.29, 1.82) is 0 Å². The SMILES string of the molecule is O=P(O)(O)O.O=P(O)(O)O.O=P(O)(O)O.[CaH2].[CaH2].[CaH2].[Ca]. The molecule has 2 radical (unpaired) electrons. The monoisotopic (exact) mass is 460 g/mol. The summed E-state index contributed by atoms with van der Waals surface area (Å²) in [5, 5.41) is 0. The molecule has 12 nitrogen and oxygen atoms in total. The third-order valence-corrected chi connectivity index (χ3v) is 0. The van der Waals surface area contributed by atoms with Crippen LogP contribution in [-0.2, 0) is 13.7 Å². The number of phosphoric acid groups is 3. The predicted octanol–water partition coefficient (Wildman–Crippen LogP) is -5.92. The third kappa shape index (κ3) is 370. The molecular formula is H15Ca4O12P3. The van der Waals surface area contributed by atoms with Crippen LogP contribution < -0.4 is 0 Å². The molecule has 0 fully saturated rings. The molecule has 0 aliphatic carbocycles. The maximum absolute atomic E-state index is 8.88. The minimum atomic E-state index is -4.64. The van der Waals surface area contributed by atoms with Crippen molar-refractivity contribution in [1.82, 2.24) is 0 Å². The van der Waals surface area contributed by atoms with E-state index >= 15 is 0 Å². The van der Waals surface area contributed by atoms with Gasteiger partial charge in [0, 0.05) is 37.7 Å². The van der Waals surface area contributed by atoms with Gasteiger partial charge in [-0.3, -0.25) is 0 Å². The van der Waals surface area contributed by atoms with Gasteiger partial charge in [-0.05, 0) is 0 Å². The summed E-state index contributed by atoms with van der Waals surface area (Å²) in [6.45, 7) is 0. The van der Waals surface area contributed by atoms with Crippen molar-refractivity contribution in [3.05, 3.63) is 0 Å². The molecule has 110 valence electrons. The Morgan fingerprint density at radius 2 is 0.421 bits per heavy atom. The van der Waals surface area contributed by atoms with Crippen molar-refractivity contribution in [2.75, 3.05) is 0 Å². The summed E-state index contributed by atoms with van der Waals surface area (Å²) in [4.78, 5) is 64.7. The fraction of sp³-hybridized carbons (Fsp3) is 0. The van der Waals surface area contributed by atoms with Crippen molar-refractivity contribution in [2.24, 2.45) is 0 Å². The van der Waals surface area contributed by atoms with Gasteiger partial charge in [0.1, 0.15) is 0 Å². The van der Waals surface area contributed by atoms with Crippen LogP contribution in [-0.4, -0.2) is 195 Å². The van der Waals surface area contributed by atoms with Gasteiger partial charge in [0.15, 0.2) is 0 Å². The maximum Gasteiger partial charge on any atom is 0 e. The molecule has 0 unspecified atom stereocenters. The van der Waals surface area contributed by atoms with Gasteiger partial charge in [0.2, 0.25) is 0 Å². The van der Waals surface area contributed by atoms with Crippen molar-refractivity contribution < 1.29 is 57.7 Å². The smallest absolute Gasteiger partial charge is 0 e. The second kappa shape index (κ2) is 21.4. The Kier molecular flexibility index (Phi) is 49.7. The molecule has 0 aliphatic rings. The van der Waals surface area contributed by atoms with Crippen LogP contribution >= 0.6 is 23.5 Å². The van der Waals surface area contributed by atoms with Gasteiger partial charge in [-0.2, -0.15) is 0 Å². The summed E-state index contributed by atoms with van der Waals surface area (Å²) in [5.74, 6) is 0. The van der Waals surface area contributed by atoms with E-state index in [2.05, 4.69) is 0 Å². The average molecular weight is 460 g/mol. The summed E-state index contributed by atoms with van der Waals surface area (Å²) in [5.41, 5.74) is 0. The molecule has 0 atom stereocenters. The van der Waals surface area contributed by atoms with Gasteiger partial charge in [-0.1, -0.05) is 0 Å². The Hall–Kier alpha value is 5.37. The Morgan fingerprint density at radius 1 is 0.421 bits per heavy atom. The van der Waals surface area contributed by atoms with Gasteiger partial charge < -0.3 is 44.0 Å². The van der Waals surface area contributed by atoms with E-state index in [1.807, 2.05) is 0 Å². The van der Waals surface area contributed by atoms with Crippen LogP contribution in [0.15, 0.2) is 0 Å². The summed E-state index contributed by atoms with van der Waals surface area (Å²) in [6.07, 6.45) is 0. The Morgan fingerprint density at radius 3 is 0.421 bits per heavy atom. The molecule has 19 heteroatoms. The van der Waals surface area contributed by atoms with E-state index in [0.717, 1.165) is 0 Å². The van der Waals surface area contributed by atoms with Crippen LogP contribution in [0.5, 0.6) is 0 Å². The quantitative estimate of drug-likeness (QED) is 0.121. The van der Waals surface area contributed by atoms with Crippen molar-refractivity contribution in [3.63, 3.8) is 0 Å².